The first-order chi connectivity index (χ1) is 17.3. The van der Waals surface area contributed by atoms with Crippen LogP contribution in [0.1, 0.15) is 18.1 Å². The molecule has 0 radical (unpaired) electrons. The molecule has 0 unspecified atom stereocenters. The van der Waals surface area contributed by atoms with Crippen molar-refractivity contribution in [3.63, 3.8) is 0 Å². The molecule has 1 heterocycles. The number of aromatic nitrogens is 2. The number of halogens is 3. The fourth-order valence-corrected chi connectivity index (χ4v) is 3.52. The van der Waals surface area contributed by atoms with Crippen LogP contribution in [0.15, 0.2) is 89.3 Å². The quantitative estimate of drug-likeness (QED) is 0.226. The van der Waals surface area contributed by atoms with Crippen molar-refractivity contribution in [2.75, 3.05) is 13.2 Å². The summed E-state index contributed by atoms with van der Waals surface area (Å²) in [6.45, 7) is 6.16. The minimum Gasteiger partial charge on any atom is -0.490 e. The summed E-state index contributed by atoms with van der Waals surface area (Å²) < 4.78 is 52.3. The van der Waals surface area contributed by atoms with Gasteiger partial charge in [-0.25, -0.2) is 4.98 Å². The van der Waals surface area contributed by atoms with Crippen LogP contribution in [0.5, 0.6) is 11.5 Å². The van der Waals surface area contributed by atoms with Gasteiger partial charge in [0.15, 0.2) is 17.3 Å². The molecular weight excluding hydrogens is 471 g/mol. The second-order valence-electron chi connectivity index (χ2n) is 7.63. The van der Waals surface area contributed by atoms with Gasteiger partial charge >= 0.3 is 6.18 Å². The third-order valence-electron chi connectivity index (χ3n) is 5.15. The highest BCUT2D eigenvalue weighted by Gasteiger charge is 2.31. The van der Waals surface area contributed by atoms with E-state index in [4.69, 9.17) is 9.47 Å². The summed E-state index contributed by atoms with van der Waals surface area (Å²) >= 11 is 0. The molecule has 9 heteroatoms. The summed E-state index contributed by atoms with van der Waals surface area (Å²) in [7, 11) is 0. The van der Waals surface area contributed by atoms with E-state index in [0.717, 1.165) is 16.8 Å². The van der Waals surface area contributed by atoms with Gasteiger partial charge in [-0.05, 0) is 55.0 Å². The maximum Gasteiger partial charge on any atom is 0.416 e. The van der Waals surface area contributed by atoms with Gasteiger partial charge in [-0.1, -0.05) is 36.9 Å². The van der Waals surface area contributed by atoms with E-state index in [-0.39, 0.29) is 16.8 Å². The van der Waals surface area contributed by atoms with E-state index in [1.54, 1.807) is 48.5 Å². The number of ether oxygens (including phenoxy) is 2. The Bertz CT molecular complexity index is 1490. The summed E-state index contributed by atoms with van der Waals surface area (Å²) in [5, 5.41) is 4.60. The first-order valence-electron chi connectivity index (χ1n) is 11.1. The Morgan fingerprint density at radius 3 is 2.58 bits per heavy atom. The molecule has 0 saturated carbocycles. The summed E-state index contributed by atoms with van der Waals surface area (Å²) in [5.74, 6) is 0.977. The van der Waals surface area contributed by atoms with E-state index in [9.17, 15) is 18.0 Å². The topological polar surface area (TPSA) is 65.7 Å². The third-order valence-corrected chi connectivity index (χ3v) is 5.15. The van der Waals surface area contributed by atoms with Crippen LogP contribution in [-0.2, 0) is 6.18 Å². The largest absolute Gasteiger partial charge is 0.490 e. The molecule has 0 N–H and O–H groups in total. The van der Waals surface area contributed by atoms with Gasteiger partial charge in [-0.3, -0.25) is 4.79 Å². The van der Waals surface area contributed by atoms with Crippen LogP contribution < -0.4 is 15.0 Å². The predicted molar refractivity (Wildman–Crippen MR) is 133 cm³/mol. The van der Waals surface area contributed by atoms with Gasteiger partial charge in [0.05, 0.1) is 29.3 Å². The molecule has 4 aromatic rings. The second kappa shape index (κ2) is 10.5. The van der Waals surface area contributed by atoms with Crippen molar-refractivity contribution in [2.45, 2.75) is 13.1 Å². The van der Waals surface area contributed by atoms with Crippen LogP contribution in [0.4, 0.5) is 13.2 Å². The molecule has 0 fully saturated rings. The summed E-state index contributed by atoms with van der Waals surface area (Å²) in [5.41, 5.74) is -0.328. The zero-order valence-electron chi connectivity index (χ0n) is 19.3. The molecule has 0 bridgehead atoms. The number of hydrogen-bond donors (Lipinski definition) is 0. The van der Waals surface area contributed by atoms with Crippen molar-refractivity contribution in [3.05, 3.63) is 101 Å². The molecule has 0 spiro atoms. The Kier molecular flexibility index (Phi) is 7.19. The third kappa shape index (κ3) is 5.30. The number of nitrogens with zero attached hydrogens (tertiary/aromatic N) is 3. The zero-order chi connectivity index (χ0) is 25.7. The Morgan fingerprint density at radius 2 is 1.83 bits per heavy atom. The summed E-state index contributed by atoms with van der Waals surface area (Å²) in [6, 6.07) is 16.3. The van der Waals surface area contributed by atoms with Gasteiger partial charge < -0.3 is 9.47 Å². The van der Waals surface area contributed by atoms with Crippen molar-refractivity contribution >= 4 is 17.1 Å². The maximum atomic E-state index is 13.4. The molecular formula is C27H22F3N3O3. The summed E-state index contributed by atoms with van der Waals surface area (Å²) in [4.78, 5) is 17.8. The Morgan fingerprint density at radius 1 is 1.03 bits per heavy atom. The molecule has 0 saturated heterocycles. The molecule has 0 amide bonds. The van der Waals surface area contributed by atoms with Crippen molar-refractivity contribution in [3.8, 4) is 22.9 Å². The van der Waals surface area contributed by atoms with Gasteiger partial charge in [0.1, 0.15) is 6.61 Å². The predicted octanol–water partition coefficient (Wildman–Crippen LogP) is 5.93. The molecule has 0 aliphatic rings. The van der Waals surface area contributed by atoms with Crippen molar-refractivity contribution in [1.29, 1.82) is 0 Å². The van der Waals surface area contributed by atoms with E-state index >= 15 is 0 Å². The minimum absolute atomic E-state index is 0.0166. The average Bonchev–Trinajstić information content (AvgIpc) is 2.87. The van der Waals surface area contributed by atoms with Crippen molar-refractivity contribution in [2.24, 2.45) is 5.10 Å². The minimum atomic E-state index is -4.55. The maximum absolute atomic E-state index is 13.4. The smallest absolute Gasteiger partial charge is 0.416 e. The molecule has 184 valence electrons. The van der Waals surface area contributed by atoms with Gasteiger partial charge in [-0.2, -0.15) is 22.9 Å². The lowest BCUT2D eigenvalue weighted by Crippen LogP contribution is -2.20. The zero-order valence-corrected chi connectivity index (χ0v) is 19.3. The number of alkyl halides is 3. The Balaban J connectivity index is 1.84. The average molecular weight is 493 g/mol. The Labute approximate surface area is 204 Å². The SMILES string of the molecule is C=CCOc1ccc(C=Nn2c(-c3cccc(C(F)(F)F)c3)nc3ccccc3c2=O)cc1OCC. The lowest BCUT2D eigenvalue weighted by molar-refractivity contribution is -0.137. The van der Waals surface area contributed by atoms with Crippen LogP contribution in [0.25, 0.3) is 22.3 Å². The van der Waals surface area contributed by atoms with Crippen LogP contribution in [0, 0.1) is 0 Å². The molecule has 4 rings (SSSR count). The Hall–Kier alpha value is -4.40. The van der Waals surface area contributed by atoms with Crippen LogP contribution in [0.2, 0.25) is 0 Å². The monoisotopic (exact) mass is 493 g/mol. The number of para-hydroxylation sites is 1. The number of rotatable bonds is 8. The van der Waals surface area contributed by atoms with Gasteiger partial charge in [0, 0.05) is 5.56 Å². The molecule has 3 aromatic carbocycles. The number of benzene rings is 3. The second-order valence-corrected chi connectivity index (χ2v) is 7.63. The summed E-state index contributed by atoms with van der Waals surface area (Å²) in [6.07, 6.45) is -1.53. The standard InChI is InChI=1S/C27H22F3N3O3/c1-3-14-36-23-13-12-18(15-24(23)35-4-2)17-31-33-25(19-8-7-9-20(16-19)27(28,29)30)32-22-11-6-5-10-21(22)26(33)34/h3,5-13,15-17H,1,4,14H2,2H3. The van der Waals surface area contributed by atoms with Gasteiger partial charge in [0.2, 0.25) is 0 Å². The van der Waals surface area contributed by atoms with E-state index < -0.39 is 17.3 Å². The first kappa shape index (κ1) is 24.7. The van der Waals surface area contributed by atoms with Crippen LogP contribution in [0.3, 0.4) is 0 Å². The fraction of sp³-hybridized carbons (Fsp3) is 0.148. The van der Waals surface area contributed by atoms with Crippen LogP contribution >= 0.6 is 0 Å². The van der Waals surface area contributed by atoms with E-state index in [2.05, 4.69) is 16.7 Å². The molecule has 6 nitrogen and oxygen atoms in total. The van der Waals surface area contributed by atoms with Crippen molar-refractivity contribution < 1.29 is 22.6 Å². The highest BCUT2D eigenvalue weighted by atomic mass is 19.4. The molecule has 1 aromatic heterocycles. The number of hydrogen-bond acceptors (Lipinski definition) is 5. The van der Waals surface area contributed by atoms with Gasteiger partial charge in [-0.15, -0.1) is 0 Å². The van der Waals surface area contributed by atoms with Gasteiger partial charge in [0.25, 0.3) is 5.56 Å². The molecule has 0 aliphatic heterocycles. The van der Waals surface area contributed by atoms with E-state index in [1.165, 1.54) is 18.3 Å². The lowest BCUT2D eigenvalue weighted by Gasteiger charge is -2.12. The lowest BCUT2D eigenvalue weighted by atomic mass is 10.1. The molecule has 0 atom stereocenters. The highest BCUT2D eigenvalue weighted by molar-refractivity contribution is 5.82. The number of fused-ring (bicyclic) bond motifs is 1. The van der Waals surface area contributed by atoms with Crippen molar-refractivity contribution in [1.82, 2.24) is 9.66 Å². The van der Waals surface area contributed by atoms with E-state index in [0.29, 0.717) is 35.8 Å². The molecule has 36 heavy (non-hydrogen) atoms. The molecule has 0 aliphatic carbocycles. The fourth-order valence-electron chi connectivity index (χ4n) is 3.52. The first-order valence-corrected chi connectivity index (χ1v) is 11.1. The van der Waals surface area contributed by atoms with E-state index in [1.807, 2.05) is 6.92 Å². The highest BCUT2D eigenvalue weighted by Crippen LogP contribution is 2.32. The normalized spacial score (nSPS) is 11.7. The van der Waals surface area contributed by atoms with Crippen LogP contribution in [-0.4, -0.2) is 29.1 Å².